The van der Waals surface area contributed by atoms with Gasteiger partial charge in [-0.25, -0.2) is 19.9 Å². The number of nitrogen functional groups attached to an aromatic ring is 1. The fourth-order valence-corrected chi connectivity index (χ4v) is 3.50. The molecular formula is C19H19N7S. The fourth-order valence-electron chi connectivity index (χ4n) is 2.83. The normalized spacial score (nSPS) is 10.8. The molecule has 0 amide bonds. The van der Waals surface area contributed by atoms with E-state index < -0.39 is 0 Å². The van der Waals surface area contributed by atoms with Gasteiger partial charge in [-0.05, 0) is 17.7 Å². The molecule has 0 aliphatic rings. The topological polar surface area (TPSA) is 92.8 Å². The minimum Gasteiger partial charge on any atom is -0.375 e. The van der Waals surface area contributed by atoms with Crippen LogP contribution in [0.3, 0.4) is 0 Å². The van der Waals surface area contributed by atoms with Gasteiger partial charge in [-0.3, -0.25) is 0 Å². The minimum absolute atomic E-state index is 0.493. The maximum absolute atomic E-state index is 5.79. The van der Waals surface area contributed by atoms with Crippen molar-refractivity contribution in [2.24, 2.45) is 0 Å². The van der Waals surface area contributed by atoms with Crippen molar-refractivity contribution < 1.29 is 0 Å². The largest absolute Gasteiger partial charge is 0.375 e. The molecule has 0 fully saturated rings. The van der Waals surface area contributed by atoms with E-state index in [-0.39, 0.29) is 0 Å². The van der Waals surface area contributed by atoms with Crippen LogP contribution in [0.15, 0.2) is 61.1 Å². The van der Waals surface area contributed by atoms with E-state index in [1.165, 1.54) is 23.2 Å². The SMILES string of the molecule is Nc1nc2c(NCCN(Cc3ccccc3)c3ccccn3)ncnc2s1. The summed E-state index contributed by atoms with van der Waals surface area (Å²) in [6.07, 6.45) is 3.34. The zero-order valence-electron chi connectivity index (χ0n) is 14.6. The van der Waals surface area contributed by atoms with Crippen LogP contribution >= 0.6 is 11.3 Å². The smallest absolute Gasteiger partial charge is 0.182 e. The van der Waals surface area contributed by atoms with Crippen LogP contribution in [0.4, 0.5) is 16.8 Å². The number of pyridine rings is 1. The fraction of sp³-hybridized carbons (Fsp3) is 0.158. The molecule has 3 heterocycles. The van der Waals surface area contributed by atoms with Crippen molar-refractivity contribution in [3.8, 4) is 0 Å². The van der Waals surface area contributed by atoms with Gasteiger partial charge in [0, 0.05) is 25.8 Å². The summed E-state index contributed by atoms with van der Waals surface area (Å²) in [5.41, 5.74) is 7.74. The van der Waals surface area contributed by atoms with Gasteiger partial charge >= 0.3 is 0 Å². The van der Waals surface area contributed by atoms with Crippen molar-refractivity contribution in [1.82, 2.24) is 19.9 Å². The van der Waals surface area contributed by atoms with Crippen LogP contribution in [0.5, 0.6) is 0 Å². The molecule has 0 aliphatic carbocycles. The number of anilines is 3. The number of hydrogen-bond acceptors (Lipinski definition) is 8. The standard InChI is InChI=1S/C19H19N7S/c20-19-25-16-17(23-13-24-18(16)27-19)22-10-11-26(15-8-4-5-9-21-15)12-14-6-2-1-3-7-14/h1-9,13H,10-12H2,(H2,20,25)(H,22,23,24). The Labute approximate surface area is 160 Å². The zero-order chi connectivity index (χ0) is 18.5. The molecule has 8 heteroatoms. The maximum atomic E-state index is 5.79. The van der Waals surface area contributed by atoms with Crippen LogP contribution in [-0.2, 0) is 6.54 Å². The molecule has 0 atom stereocenters. The summed E-state index contributed by atoms with van der Waals surface area (Å²) in [5, 5.41) is 3.85. The predicted molar refractivity (Wildman–Crippen MR) is 110 cm³/mol. The molecule has 4 rings (SSSR count). The van der Waals surface area contributed by atoms with Gasteiger partial charge in [0.05, 0.1) is 0 Å². The molecule has 0 bridgehead atoms. The molecule has 0 aliphatic heterocycles. The van der Waals surface area contributed by atoms with Crippen molar-refractivity contribution in [2.75, 3.05) is 29.0 Å². The number of thiazole rings is 1. The van der Waals surface area contributed by atoms with Crippen molar-refractivity contribution in [1.29, 1.82) is 0 Å². The summed E-state index contributed by atoms with van der Waals surface area (Å²) in [6, 6.07) is 16.3. The number of nitrogens with one attached hydrogen (secondary N) is 1. The Morgan fingerprint density at radius 2 is 1.85 bits per heavy atom. The minimum atomic E-state index is 0.493. The predicted octanol–water partition coefficient (Wildman–Crippen LogP) is 3.18. The number of nitrogens with two attached hydrogens (primary N) is 1. The molecule has 7 nitrogen and oxygen atoms in total. The molecular weight excluding hydrogens is 358 g/mol. The van der Waals surface area contributed by atoms with E-state index in [9.17, 15) is 0 Å². The number of rotatable bonds is 7. The molecule has 0 saturated carbocycles. The summed E-state index contributed by atoms with van der Waals surface area (Å²) in [5.74, 6) is 1.64. The highest BCUT2D eigenvalue weighted by Gasteiger charge is 2.11. The highest BCUT2D eigenvalue weighted by Crippen LogP contribution is 2.25. The lowest BCUT2D eigenvalue weighted by atomic mass is 10.2. The molecule has 27 heavy (non-hydrogen) atoms. The molecule has 0 radical (unpaired) electrons. The molecule has 0 saturated heterocycles. The van der Waals surface area contributed by atoms with Crippen molar-refractivity contribution >= 4 is 38.5 Å². The Kier molecular flexibility index (Phi) is 5.06. The van der Waals surface area contributed by atoms with E-state index in [4.69, 9.17) is 5.73 Å². The Balaban J connectivity index is 1.48. The van der Waals surface area contributed by atoms with Gasteiger partial charge in [0.1, 0.15) is 17.7 Å². The van der Waals surface area contributed by atoms with Gasteiger partial charge < -0.3 is 16.0 Å². The average molecular weight is 377 g/mol. The number of aromatic nitrogens is 4. The molecule has 4 aromatic rings. The summed E-state index contributed by atoms with van der Waals surface area (Å²) < 4.78 is 0. The summed E-state index contributed by atoms with van der Waals surface area (Å²) in [7, 11) is 0. The van der Waals surface area contributed by atoms with Crippen LogP contribution in [-0.4, -0.2) is 33.0 Å². The number of nitrogens with zero attached hydrogens (tertiary/aromatic N) is 5. The van der Waals surface area contributed by atoms with Crippen LogP contribution in [0, 0.1) is 0 Å². The third kappa shape index (κ3) is 4.12. The summed E-state index contributed by atoms with van der Waals surface area (Å²) in [4.78, 5) is 20.4. The van der Waals surface area contributed by atoms with E-state index >= 15 is 0 Å². The number of fused-ring (bicyclic) bond motifs is 1. The molecule has 0 spiro atoms. The Morgan fingerprint density at radius 1 is 1.00 bits per heavy atom. The molecule has 1 aromatic carbocycles. The quantitative estimate of drug-likeness (QED) is 0.511. The number of benzene rings is 1. The molecule has 0 unspecified atom stereocenters. The second-order valence-corrected chi connectivity index (χ2v) is 6.96. The second-order valence-electron chi connectivity index (χ2n) is 5.95. The van der Waals surface area contributed by atoms with E-state index in [0.29, 0.717) is 23.0 Å². The summed E-state index contributed by atoms with van der Waals surface area (Å²) in [6.45, 7) is 2.23. The van der Waals surface area contributed by atoms with Gasteiger partial charge in [-0.15, -0.1) is 0 Å². The van der Waals surface area contributed by atoms with Gasteiger partial charge in [-0.2, -0.15) is 0 Å². The maximum Gasteiger partial charge on any atom is 0.182 e. The van der Waals surface area contributed by atoms with E-state index in [2.05, 4.69) is 54.4 Å². The summed E-state index contributed by atoms with van der Waals surface area (Å²) >= 11 is 1.36. The van der Waals surface area contributed by atoms with Crippen LogP contribution in [0.25, 0.3) is 10.3 Å². The first kappa shape index (κ1) is 17.2. The third-order valence-electron chi connectivity index (χ3n) is 4.08. The van der Waals surface area contributed by atoms with Crippen molar-refractivity contribution in [2.45, 2.75) is 6.54 Å². The Morgan fingerprint density at radius 3 is 2.67 bits per heavy atom. The lowest BCUT2D eigenvalue weighted by Gasteiger charge is -2.24. The first-order valence-corrected chi connectivity index (χ1v) is 9.42. The van der Waals surface area contributed by atoms with Gasteiger partial charge in [0.15, 0.2) is 15.8 Å². The molecule has 3 aromatic heterocycles. The molecule has 3 N–H and O–H groups in total. The first-order chi connectivity index (χ1) is 13.3. The molecule has 136 valence electrons. The Hall–Kier alpha value is -3.26. The average Bonchev–Trinajstić information content (AvgIpc) is 3.10. The van der Waals surface area contributed by atoms with Crippen LogP contribution < -0.4 is 16.0 Å². The lowest BCUT2D eigenvalue weighted by molar-refractivity contribution is 0.789. The highest BCUT2D eigenvalue weighted by atomic mass is 32.1. The van der Waals surface area contributed by atoms with Crippen LogP contribution in [0.1, 0.15) is 5.56 Å². The van der Waals surface area contributed by atoms with E-state index in [1.807, 2.05) is 30.5 Å². The number of hydrogen-bond donors (Lipinski definition) is 2. The van der Waals surface area contributed by atoms with Gasteiger partial charge in [0.25, 0.3) is 0 Å². The zero-order valence-corrected chi connectivity index (χ0v) is 15.4. The van der Waals surface area contributed by atoms with E-state index in [0.717, 1.165) is 23.7 Å². The van der Waals surface area contributed by atoms with Crippen LogP contribution in [0.2, 0.25) is 0 Å². The Bertz CT molecular complexity index is 1000. The van der Waals surface area contributed by atoms with Crippen molar-refractivity contribution in [3.05, 3.63) is 66.6 Å². The monoisotopic (exact) mass is 377 g/mol. The lowest BCUT2D eigenvalue weighted by Crippen LogP contribution is -2.29. The van der Waals surface area contributed by atoms with Crippen molar-refractivity contribution in [3.63, 3.8) is 0 Å². The second kappa shape index (κ2) is 7.96. The van der Waals surface area contributed by atoms with E-state index in [1.54, 1.807) is 0 Å². The highest BCUT2D eigenvalue weighted by molar-refractivity contribution is 7.21. The van der Waals surface area contributed by atoms with Gasteiger partial charge in [-0.1, -0.05) is 47.7 Å². The third-order valence-corrected chi connectivity index (χ3v) is 4.87. The first-order valence-electron chi connectivity index (χ1n) is 8.60. The van der Waals surface area contributed by atoms with Gasteiger partial charge in [0.2, 0.25) is 0 Å².